The van der Waals surface area contributed by atoms with Gasteiger partial charge in [-0.1, -0.05) is 13.8 Å². The Labute approximate surface area is 99.7 Å². The molecule has 0 fully saturated rings. The van der Waals surface area contributed by atoms with Gasteiger partial charge < -0.3 is 10.1 Å². The highest BCUT2D eigenvalue weighted by Gasteiger charge is 2.14. The number of nitro groups is 1. The molecular formula is C11H16N2O4. The maximum absolute atomic E-state index is 10.6. The predicted octanol–water partition coefficient (Wildman–Crippen LogP) is 2.51. The first-order valence-electron chi connectivity index (χ1n) is 5.17. The summed E-state index contributed by atoms with van der Waals surface area (Å²) in [6.07, 6.45) is 0. The largest absolute Gasteiger partial charge is 0.426 e. The van der Waals surface area contributed by atoms with Gasteiger partial charge in [-0.2, -0.15) is 0 Å². The van der Waals surface area contributed by atoms with Crippen molar-refractivity contribution in [3.05, 3.63) is 27.8 Å². The van der Waals surface area contributed by atoms with Gasteiger partial charge in [0.25, 0.3) is 12.2 Å². The van der Waals surface area contributed by atoms with E-state index in [-0.39, 0.29) is 12.2 Å². The monoisotopic (exact) mass is 240 g/mol. The van der Waals surface area contributed by atoms with Crippen molar-refractivity contribution in [2.45, 2.75) is 20.8 Å². The molecule has 0 saturated carbocycles. The molecule has 0 amide bonds. The first-order chi connectivity index (χ1) is 8.10. The summed E-state index contributed by atoms with van der Waals surface area (Å²) < 4.78 is 4.73. The second-order valence-corrected chi connectivity index (χ2v) is 2.86. The fourth-order valence-corrected chi connectivity index (χ4v) is 1.25. The molecule has 0 saturated heterocycles. The maximum Gasteiger partial charge on any atom is 0.298 e. The van der Waals surface area contributed by atoms with Crippen LogP contribution in [0.15, 0.2) is 12.1 Å². The summed E-state index contributed by atoms with van der Waals surface area (Å²) in [6.45, 7) is 5.92. The molecule has 94 valence electrons. The Morgan fingerprint density at radius 1 is 1.41 bits per heavy atom. The average molecular weight is 240 g/mol. The number of hydrogen-bond donors (Lipinski definition) is 1. The highest BCUT2D eigenvalue weighted by molar-refractivity contribution is 5.67. The van der Waals surface area contributed by atoms with Gasteiger partial charge >= 0.3 is 0 Å². The highest BCUT2D eigenvalue weighted by atomic mass is 16.6. The number of benzene rings is 1. The zero-order valence-electron chi connectivity index (χ0n) is 10.3. The molecule has 1 rings (SSSR count). The number of nitrogens with one attached hydrogen (secondary N) is 1. The number of hydrogen-bond acceptors (Lipinski definition) is 5. The summed E-state index contributed by atoms with van der Waals surface area (Å²) >= 11 is 0. The Morgan fingerprint density at radius 3 is 2.41 bits per heavy atom. The van der Waals surface area contributed by atoms with Gasteiger partial charge in [0.2, 0.25) is 0 Å². The Bertz CT molecular complexity index is 405. The summed E-state index contributed by atoms with van der Waals surface area (Å²) in [5.41, 5.74) is 0.893. The van der Waals surface area contributed by atoms with Crippen molar-refractivity contribution in [1.82, 2.24) is 0 Å². The molecule has 0 heterocycles. The minimum Gasteiger partial charge on any atom is -0.426 e. The third-order valence-electron chi connectivity index (χ3n) is 1.91. The molecule has 17 heavy (non-hydrogen) atoms. The van der Waals surface area contributed by atoms with Gasteiger partial charge in [0.15, 0.2) is 5.75 Å². The first-order valence-corrected chi connectivity index (χ1v) is 5.17. The van der Waals surface area contributed by atoms with Crippen LogP contribution >= 0.6 is 0 Å². The van der Waals surface area contributed by atoms with E-state index in [9.17, 15) is 14.9 Å². The molecule has 0 unspecified atom stereocenters. The van der Waals surface area contributed by atoms with Gasteiger partial charge in [-0.3, -0.25) is 14.9 Å². The van der Waals surface area contributed by atoms with Crippen molar-refractivity contribution in [2.24, 2.45) is 0 Å². The number of carbonyl (C=O) groups is 1. The summed E-state index contributed by atoms with van der Waals surface area (Å²) in [6, 6.07) is 2.66. The summed E-state index contributed by atoms with van der Waals surface area (Å²) in [5, 5.41) is 13.3. The molecule has 0 radical (unpaired) electrons. The molecular weight excluding hydrogens is 224 g/mol. The molecule has 0 bridgehead atoms. The van der Waals surface area contributed by atoms with Crippen molar-refractivity contribution in [1.29, 1.82) is 0 Å². The lowest BCUT2D eigenvalue weighted by atomic mass is 10.1. The smallest absolute Gasteiger partial charge is 0.298 e. The van der Waals surface area contributed by atoms with Crippen LogP contribution in [0.2, 0.25) is 0 Å². The van der Waals surface area contributed by atoms with Gasteiger partial charge in [0.1, 0.15) is 0 Å². The Balaban J connectivity index is 0.00000121. The molecule has 0 aliphatic rings. The van der Waals surface area contributed by atoms with Crippen LogP contribution < -0.4 is 10.1 Å². The number of ether oxygens (including phenoxy) is 1. The van der Waals surface area contributed by atoms with E-state index in [4.69, 9.17) is 4.74 Å². The average Bonchev–Trinajstić information content (AvgIpc) is 2.34. The van der Waals surface area contributed by atoms with E-state index in [0.717, 1.165) is 0 Å². The van der Waals surface area contributed by atoms with Crippen molar-refractivity contribution in [2.75, 3.05) is 12.4 Å². The van der Waals surface area contributed by atoms with Crippen molar-refractivity contribution in [3.63, 3.8) is 0 Å². The summed E-state index contributed by atoms with van der Waals surface area (Å²) in [7, 11) is 1.59. The lowest BCUT2D eigenvalue weighted by Crippen LogP contribution is -2.00. The Morgan fingerprint density at radius 2 is 2.00 bits per heavy atom. The number of rotatable bonds is 4. The number of anilines is 1. The van der Waals surface area contributed by atoms with Crippen LogP contribution in [0, 0.1) is 17.0 Å². The molecule has 1 aromatic carbocycles. The van der Waals surface area contributed by atoms with Gasteiger partial charge in [0, 0.05) is 24.7 Å². The van der Waals surface area contributed by atoms with Crippen molar-refractivity contribution >= 4 is 17.8 Å². The minimum atomic E-state index is -0.501. The van der Waals surface area contributed by atoms with Crippen LogP contribution in [-0.2, 0) is 4.79 Å². The molecule has 1 N–H and O–H groups in total. The third-order valence-corrected chi connectivity index (χ3v) is 1.91. The minimum absolute atomic E-state index is 0.0462. The normalized spacial score (nSPS) is 8.71. The van der Waals surface area contributed by atoms with E-state index in [2.05, 4.69) is 5.32 Å². The molecule has 1 aromatic rings. The topological polar surface area (TPSA) is 81.5 Å². The number of nitrogens with zero attached hydrogens (tertiary/aromatic N) is 1. The number of carbonyl (C=O) groups excluding carboxylic acids is 1. The van der Waals surface area contributed by atoms with Crippen LogP contribution in [-0.4, -0.2) is 18.4 Å². The molecule has 0 aliphatic heterocycles. The Kier molecular flexibility index (Phi) is 6.32. The van der Waals surface area contributed by atoms with Gasteiger partial charge in [0.05, 0.1) is 10.6 Å². The Hall–Kier alpha value is -2.11. The maximum atomic E-state index is 10.6. The van der Waals surface area contributed by atoms with E-state index < -0.39 is 4.92 Å². The van der Waals surface area contributed by atoms with Crippen LogP contribution in [0.4, 0.5) is 11.4 Å². The fraction of sp³-hybridized carbons (Fsp3) is 0.364. The fourth-order valence-electron chi connectivity index (χ4n) is 1.25. The standard InChI is InChI=1S/C9H10N2O4.C2H6/c1-6-3-7(11(13)14)4-8(10-2)9(6)15-5-12;1-2/h3-5,10H,1-2H3;1-2H3. The van der Waals surface area contributed by atoms with Crippen LogP contribution in [0.25, 0.3) is 0 Å². The molecule has 0 spiro atoms. The lowest BCUT2D eigenvalue weighted by molar-refractivity contribution is -0.384. The molecule has 6 nitrogen and oxygen atoms in total. The van der Waals surface area contributed by atoms with E-state index in [1.165, 1.54) is 12.1 Å². The van der Waals surface area contributed by atoms with Crippen molar-refractivity contribution in [3.8, 4) is 5.75 Å². The van der Waals surface area contributed by atoms with E-state index in [1.807, 2.05) is 13.8 Å². The number of nitro benzene ring substituents is 1. The highest BCUT2D eigenvalue weighted by Crippen LogP contribution is 2.32. The van der Waals surface area contributed by atoms with Crippen LogP contribution in [0.5, 0.6) is 5.75 Å². The van der Waals surface area contributed by atoms with E-state index >= 15 is 0 Å². The van der Waals surface area contributed by atoms with E-state index in [1.54, 1.807) is 14.0 Å². The second kappa shape index (κ2) is 7.21. The van der Waals surface area contributed by atoms with Gasteiger partial charge in [-0.15, -0.1) is 0 Å². The first kappa shape index (κ1) is 14.9. The van der Waals surface area contributed by atoms with Crippen LogP contribution in [0.3, 0.4) is 0 Å². The zero-order chi connectivity index (χ0) is 13.4. The SMILES string of the molecule is CC.CNc1cc([N+](=O)[O-])cc(C)c1OC=O. The van der Waals surface area contributed by atoms with Gasteiger partial charge in [-0.05, 0) is 6.92 Å². The second-order valence-electron chi connectivity index (χ2n) is 2.86. The van der Waals surface area contributed by atoms with E-state index in [0.29, 0.717) is 17.0 Å². The van der Waals surface area contributed by atoms with Crippen molar-refractivity contribution < 1.29 is 14.5 Å². The molecule has 6 heteroatoms. The lowest BCUT2D eigenvalue weighted by Gasteiger charge is -2.09. The third kappa shape index (κ3) is 3.75. The quantitative estimate of drug-likeness (QED) is 0.496. The summed E-state index contributed by atoms with van der Waals surface area (Å²) in [5.74, 6) is 0.304. The molecule has 0 atom stereocenters. The molecule has 0 aromatic heterocycles. The predicted molar refractivity (Wildman–Crippen MR) is 65.4 cm³/mol. The summed E-state index contributed by atoms with van der Waals surface area (Å²) in [4.78, 5) is 20.3. The zero-order valence-corrected chi connectivity index (χ0v) is 10.3. The molecule has 0 aliphatic carbocycles. The number of non-ortho nitro benzene ring substituents is 1. The number of aryl methyl sites for hydroxylation is 1. The van der Waals surface area contributed by atoms with Crippen LogP contribution in [0.1, 0.15) is 19.4 Å². The van der Waals surface area contributed by atoms with Gasteiger partial charge in [-0.25, -0.2) is 0 Å².